The number of H-pyrrole nitrogens is 1. The predicted molar refractivity (Wildman–Crippen MR) is 84.3 cm³/mol. The van der Waals surface area contributed by atoms with Gasteiger partial charge in [-0.25, -0.2) is 4.98 Å². The average molecular weight is 310 g/mol. The zero-order valence-corrected chi connectivity index (χ0v) is 12.7. The molecule has 0 spiro atoms. The highest BCUT2D eigenvalue weighted by Crippen LogP contribution is 2.25. The SMILES string of the molecule is CCCc1cc(=O)[nH]c(SCc2ccc(Cl)cc2N)n1. The van der Waals surface area contributed by atoms with E-state index in [1.165, 1.54) is 11.8 Å². The lowest BCUT2D eigenvalue weighted by Crippen LogP contribution is -2.10. The molecule has 106 valence electrons. The minimum absolute atomic E-state index is 0.116. The Morgan fingerprint density at radius 1 is 1.40 bits per heavy atom. The van der Waals surface area contributed by atoms with Gasteiger partial charge in [0.1, 0.15) is 0 Å². The van der Waals surface area contributed by atoms with Gasteiger partial charge in [0.25, 0.3) is 5.56 Å². The van der Waals surface area contributed by atoms with Crippen LogP contribution in [-0.2, 0) is 12.2 Å². The lowest BCUT2D eigenvalue weighted by atomic mass is 10.2. The van der Waals surface area contributed by atoms with Crippen molar-refractivity contribution in [3.8, 4) is 0 Å². The minimum atomic E-state index is -0.116. The predicted octanol–water partition coefficient (Wildman–Crippen LogP) is 3.25. The maximum Gasteiger partial charge on any atom is 0.251 e. The van der Waals surface area contributed by atoms with Gasteiger partial charge in [0.15, 0.2) is 5.16 Å². The van der Waals surface area contributed by atoms with Crippen LogP contribution in [0, 0.1) is 0 Å². The molecular weight excluding hydrogens is 294 g/mol. The largest absolute Gasteiger partial charge is 0.398 e. The molecule has 0 fully saturated rings. The summed E-state index contributed by atoms with van der Waals surface area (Å²) in [5, 5.41) is 1.24. The topological polar surface area (TPSA) is 71.8 Å². The summed E-state index contributed by atoms with van der Waals surface area (Å²) in [6.45, 7) is 2.06. The van der Waals surface area contributed by atoms with Crippen molar-refractivity contribution in [1.29, 1.82) is 0 Å². The van der Waals surface area contributed by atoms with Crippen molar-refractivity contribution in [3.63, 3.8) is 0 Å². The molecule has 0 aliphatic carbocycles. The molecule has 0 saturated heterocycles. The minimum Gasteiger partial charge on any atom is -0.398 e. The molecule has 3 N–H and O–H groups in total. The molecule has 2 aromatic rings. The van der Waals surface area contributed by atoms with Crippen molar-refractivity contribution >= 4 is 29.1 Å². The van der Waals surface area contributed by atoms with Gasteiger partial charge < -0.3 is 10.7 Å². The van der Waals surface area contributed by atoms with Gasteiger partial charge in [-0.15, -0.1) is 0 Å². The number of nitrogens with two attached hydrogens (primary N) is 1. The van der Waals surface area contributed by atoms with E-state index in [0.29, 0.717) is 21.6 Å². The van der Waals surface area contributed by atoms with Gasteiger partial charge in [-0.2, -0.15) is 0 Å². The molecule has 1 aromatic heterocycles. The van der Waals surface area contributed by atoms with E-state index in [4.69, 9.17) is 17.3 Å². The van der Waals surface area contributed by atoms with Gasteiger partial charge in [-0.05, 0) is 24.1 Å². The number of aromatic nitrogens is 2. The average Bonchev–Trinajstić information content (AvgIpc) is 2.37. The van der Waals surface area contributed by atoms with Gasteiger partial charge in [-0.3, -0.25) is 4.79 Å². The fourth-order valence-electron chi connectivity index (χ4n) is 1.78. The molecule has 1 aromatic carbocycles. The number of halogens is 1. The van der Waals surface area contributed by atoms with E-state index in [1.807, 2.05) is 6.07 Å². The maximum atomic E-state index is 11.6. The van der Waals surface area contributed by atoms with E-state index < -0.39 is 0 Å². The van der Waals surface area contributed by atoms with E-state index in [9.17, 15) is 4.79 Å². The molecule has 0 amide bonds. The molecule has 0 radical (unpaired) electrons. The molecule has 0 aliphatic rings. The Kier molecular flexibility index (Phi) is 5.09. The van der Waals surface area contributed by atoms with Crippen LogP contribution in [0.5, 0.6) is 0 Å². The first-order chi connectivity index (χ1) is 9.58. The fourth-order valence-corrected chi connectivity index (χ4v) is 2.87. The zero-order chi connectivity index (χ0) is 14.5. The molecular formula is C14H16ClN3OS. The van der Waals surface area contributed by atoms with E-state index in [-0.39, 0.29) is 5.56 Å². The summed E-state index contributed by atoms with van der Waals surface area (Å²) in [6, 6.07) is 6.96. The summed E-state index contributed by atoms with van der Waals surface area (Å²) in [6.07, 6.45) is 1.77. The van der Waals surface area contributed by atoms with Gasteiger partial charge in [0.05, 0.1) is 0 Å². The standard InChI is InChI=1S/C14H16ClN3OS/c1-2-3-11-7-13(19)18-14(17-11)20-8-9-4-5-10(15)6-12(9)16/h4-7H,2-3,8,16H2,1H3,(H,17,18,19). The Morgan fingerprint density at radius 2 is 2.20 bits per heavy atom. The van der Waals surface area contributed by atoms with Crippen molar-refractivity contribution in [1.82, 2.24) is 9.97 Å². The number of thioether (sulfide) groups is 1. The molecule has 4 nitrogen and oxygen atoms in total. The first-order valence-corrected chi connectivity index (χ1v) is 7.71. The second kappa shape index (κ2) is 6.81. The van der Waals surface area contributed by atoms with Crippen molar-refractivity contribution in [3.05, 3.63) is 50.9 Å². The lowest BCUT2D eigenvalue weighted by molar-refractivity contribution is 0.816. The van der Waals surface area contributed by atoms with Crippen LogP contribution in [0.2, 0.25) is 5.02 Å². The number of benzene rings is 1. The summed E-state index contributed by atoms with van der Waals surface area (Å²) in [7, 11) is 0. The first kappa shape index (κ1) is 14.9. The second-order valence-corrected chi connectivity index (χ2v) is 5.82. The van der Waals surface area contributed by atoms with E-state index in [2.05, 4.69) is 16.9 Å². The van der Waals surface area contributed by atoms with Crippen molar-refractivity contribution < 1.29 is 0 Å². The Labute approximate surface area is 126 Å². The highest BCUT2D eigenvalue weighted by Gasteiger charge is 2.05. The van der Waals surface area contributed by atoms with Crippen LogP contribution in [0.15, 0.2) is 34.2 Å². The molecule has 0 aliphatic heterocycles. The molecule has 2 rings (SSSR count). The quantitative estimate of drug-likeness (QED) is 0.505. The lowest BCUT2D eigenvalue weighted by Gasteiger charge is -2.06. The van der Waals surface area contributed by atoms with Gasteiger partial charge in [-0.1, -0.05) is 42.8 Å². The molecule has 20 heavy (non-hydrogen) atoms. The second-order valence-electron chi connectivity index (χ2n) is 4.42. The third-order valence-electron chi connectivity index (χ3n) is 2.75. The molecule has 6 heteroatoms. The summed E-state index contributed by atoms with van der Waals surface area (Å²) >= 11 is 7.32. The summed E-state index contributed by atoms with van der Waals surface area (Å²) in [5.74, 6) is 0.640. The third-order valence-corrected chi connectivity index (χ3v) is 3.91. The van der Waals surface area contributed by atoms with Crippen molar-refractivity contribution in [2.24, 2.45) is 0 Å². The first-order valence-electron chi connectivity index (χ1n) is 6.35. The van der Waals surface area contributed by atoms with Crippen molar-refractivity contribution in [2.45, 2.75) is 30.7 Å². The van der Waals surface area contributed by atoms with Gasteiger partial charge in [0, 0.05) is 28.2 Å². The van der Waals surface area contributed by atoms with E-state index >= 15 is 0 Å². The number of nitrogens with zero attached hydrogens (tertiary/aromatic N) is 1. The highest BCUT2D eigenvalue weighted by molar-refractivity contribution is 7.98. The Bertz CT molecular complexity index is 657. The Hall–Kier alpha value is -1.46. The number of aryl methyl sites for hydroxylation is 1. The fraction of sp³-hybridized carbons (Fsp3) is 0.286. The van der Waals surface area contributed by atoms with E-state index in [1.54, 1.807) is 18.2 Å². The van der Waals surface area contributed by atoms with Crippen molar-refractivity contribution in [2.75, 3.05) is 5.73 Å². The number of rotatable bonds is 5. The Morgan fingerprint density at radius 3 is 2.90 bits per heavy atom. The monoisotopic (exact) mass is 309 g/mol. The van der Waals surface area contributed by atoms with Crippen LogP contribution in [0.25, 0.3) is 0 Å². The summed E-state index contributed by atoms with van der Waals surface area (Å²) in [4.78, 5) is 18.7. The number of nitrogen functional groups attached to an aromatic ring is 1. The number of aromatic amines is 1. The molecule has 0 unspecified atom stereocenters. The molecule has 0 bridgehead atoms. The smallest absolute Gasteiger partial charge is 0.251 e. The molecule has 0 atom stereocenters. The highest BCUT2D eigenvalue weighted by atomic mass is 35.5. The van der Waals surface area contributed by atoms with Crippen LogP contribution in [0.3, 0.4) is 0 Å². The Balaban J connectivity index is 2.12. The van der Waals surface area contributed by atoms with Crippen LogP contribution >= 0.6 is 23.4 Å². The van der Waals surface area contributed by atoms with Crippen LogP contribution < -0.4 is 11.3 Å². The number of nitrogens with one attached hydrogen (secondary N) is 1. The van der Waals surface area contributed by atoms with Gasteiger partial charge in [0.2, 0.25) is 0 Å². The van der Waals surface area contributed by atoms with Crippen LogP contribution in [0.4, 0.5) is 5.69 Å². The van der Waals surface area contributed by atoms with Crippen LogP contribution in [-0.4, -0.2) is 9.97 Å². The number of hydrogen-bond acceptors (Lipinski definition) is 4. The third kappa shape index (κ3) is 4.02. The van der Waals surface area contributed by atoms with Crippen LogP contribution in [0.1, 0.15) is 24.6 Å². The zero-order valence-electron chi connectivity index (χ0n) is 11.1. The van der Waals surface area contributed by atoms with E-state index in [0.717, 1.165) is 24.1 Å². The summed E-state index contributed by atoms with van der Waals surface area (Å²) < 4.78 is 0. The number of hydrogen-bond donors (Lipinski definition) is 2. The summed E-state index contributed by atoms with van der Waals surface area (Å²) in [5.41, 5.74) is 8.23. The molecule has 1 heterocycles. The van der Waals surface area contributed by atoms with Gasteiger partial charge >= 0.3 is 0 Å². The number of anilines is 1. The molecule has 0 saturated carbocycles. The maximum absolute atomic E-state index is 11.6. The normalized spacial score (nSPS) is 10.7.